The van der Waals surface area contributed by atoms with Gasteiger partial charge < -0.3 is 4.79 Å². The zero-order chi connectivity index (χ0) is 8.81. The number of rotatable bonds is 4. The Hall–Kier alpha value is -0.810. The van der Waals surface area contributed by atoms with Gasteiger partial charge in [0.15, 0.2) is 0 Å². The highest BCUT2D eigenvalue weighted by Crippen LogP contribution is 2.14. The van der Waals surface area contributed by atoms with E-state index in [1.807, 2.05) is 0 Å². The van der Waals surface area contributed by atoms with Crippen molar-refractivity contribution in [2.24, 2.45) is 0 Å². The number of carbonyl (C=O) groups is 1. The first-order valence-corrected chi connectivity index (χ1v) is 4.48. The van der Waals surface area contributed by atoms with Crippen LogP contribution in [0.25, 0.3) is 0 Å². The third-order valence-corrected chi connectivity index (χ3v) is 2.31. The number of nitrogens with zero attached hydrogens (tertiary/aromatic N) is 1. The smallest absolute Gasteiger partial charge is 0.120 e. The molecule has 1 aliphatic rings. The lowest BCUT2D eigenvalue weighted by Gasteiger charge is -2.21. The van der Waals surface area contributed by atoms with Gasteiger partial charge >= 0.3 is 0 Å². The predicted molar refractivity (Wildman–Crippen MR) is 47.0 cm³/mol. The molecular formula is C10H14NO. The Bertz CT molecular complexity index is 177. The summed E-state index contributed by atoms with van der Waals surface area (Å²) in [4.78, 5) is 12.4. The molecule has 12 heavy (non-hydrogen) atoms. The molecule has 0 bridgehead atoms. The average molecular weight is 164 g/mol. The minimum absolute atomic E-state index is 0.0812. The molecular weight excluding hydrogens is 150 g/mol. The summed E-state index contributed by atoms with van der Waals surface area (Å²) in [5, 5.41) is 0. The van der Waals surface area contributed by atoms with Crippen LogP contribution in [0.3, 0.4) is 0 Å². The fourth-order valence-electron chi connectivity index (χ4n) is 1.63. The molecule has 1 fully saturated rings. The lowest BCUT2D eigenvalue weighted by atomic mass is 10.1. The van der Waals surface area contributed by atoms with Crippen molar-refractivity contribution in [1.82, 2.24) is 4.90 Å². The van der Waals surface area contributed by atoms with Crippen molar-refractivity contribution >= 4 is 6.29 Å². The number of likely N-dealkylation sites (tertiary alicyclic amines) is 1. The van der Waals surface area contributed by atoms with E-state index in [2.05, 4.69) is 10.8 Å². The van der Waals surface area contributed by atoms with Gasteiger partial charge in [0, 0.05) is 6.42 Å². The van der Waals surface area contributed by atoms with Crippen LogP contribution in [0.1, 0.15) is 25.7 Å². The molecule has 0 aliphatic carbocycles. The quantitative estimate of drug-likeness (QED) is 0.456. The maximum atomic E-state index is 10.1. The Morgan fingerprint density at radius 3 is 2.67 bits per heavy atom. The van der Waals surface area contributed by atoms with Crippen LogP contribution in [-0.2, 0) is 4.79 Å². The van der Waals surface area contributed by atoms with E-state index in [-0.39, 0.29) is 6.04 Å². The fraction of sp³-hybridized carbons (Fsp3) is 0.700. The summed E-state index contributed by atoms with van der Waals surface area (Å²) in [6.07, 6.45) is 11.8. The Morgan fingerprint density at radius 1 is 1.50 bits per heavy atom. The van der Waals surface area contributed by atoms with Crippen LogP contribution in [-0.4, -0.2) is 30.3 Å². The molecule has 1 unspecified atom stereocenters. The molecule has 0 amide bonds. The molecule has 2 heteroatoms. The molecule has 1 rings (SSSR count). The zero-order valence-electron chi connectivity index (χ0n) is 7.25. The molecule has 65 valence electrons. The summed E-state index contributed by atoms with van der Waals surface area (Å²) in [5.74, 6) is 2.50. The average Bonchev–Trinajstić information content (AvgIpc) is 2.59. The van der Waals surface area contributed by atoms with E-state index >= 15 is 0 Å². The van der Waals surface area contributed by atoms with E-state index in [1.54, 1.807) is 0 Å². The van der Waals surface area contributed by atoms with Crippen LogP contribution in [0.5, 0.6) is 0 Å². The minimum Gasteiger partial charge on any atom is -0.303 e. The highest BCUT2D eigenvalue weighted by Gasteiger charge is 2.19. The van der Waals surface area contributed by atoms with Crippen LogP contribution in [0.15, 0.2) is 0 Å². The highest BCUT2D eigenvalue weighted by atomic mass is 16.1. The molecule has 1 radical (unpaired) electrons. The Labute approximate surface area is 73.9 Å². The first-order valence-electron chi connectivity index (χ1n) is 4.48. The van der Waals surface area contributed by atoms with Crippen molar-refractivity contribution in [2.45, 2.75) is 31.7 Å². The van der Waals surface area contributed by atoms with Crippen molar-refractivity contribution in [3.63, 3.8) is 0 Å². The van der Waals surface area contributed by atoms with Crippen molar-refractivity contribution in [3.05, 3.63) is 6.42 Å². The normalized spacial score (nSPS) is 20.2. The Kier molecular flexibility index (Phi) is 3.83. The van der Waals surface area contributed by atoms with E-state index in [0.717, 1.165) is 25.8 Å². The van der Waals surface area contributed by atoms with Gasteiger partial charge in [-0.2, -0.15) is 0 Å². The summed E-state index contributed by atoms with van der Waals surface area (Å²) >= 11 is 0. The van der Waals surface area contributed by atoms with Gasteiger partial charge in [-0.3, -0.25) is 4.90 Å². The summed E-state index contributed by atoms with van der Waals surface area (Å²) < 4.78 is 0. The van der Waals surface area contributed by atoms with Crippen LogP contribution in [0.2, 0.25) is 0 Å². The minimum atomic E-state index is 0.0812. The van der Waals surface area contributed by atoms with Crippen LogP contribution < -0.4 is 0 Å². The van der Waals surface area contributed by atoms with Crippen LogP contribution in [0, 0.1) is 12.3 Å². The second-order valence-corrected chi connectivity index (χ2v) is 3.15. The molecule has 0 aromatic carbocycles. The van der Waals surface area contributed by atoms with Crippen LogP contribution >= 0.6 is 0 Å². The van der Waals surface area contributed by atoms with E-state index in [0.29, 0.717) is 6.42 Å². The van der Waals surface area contributed by atoms with Gasteiger partial charge in [0.25, 0.3) is 0 Å². The molecule has 1 atom stereocenters. The molecule has 0 spiro atoms. The summed E-state index contributed by atoms with van der Waals surface area (Å²) in [6.45, 7) is 2.13. The standard InChI is InChI=1S/C10H14NO/c1-2-10(6-5-9-12)11-7-3-4-8-11/h9-10H,3-8H2. The highest BCUT2D eigenvalue weighted by molar-refractivity contribution is 5.49. The maximum Gasteiger partial charge on any atom is 0.120 e. The summed E-state index contributed by atoms with van der Waals surface area (Å²) in [6, 6.07) is 0.0812. The Morgan fingerprint density at radius 2 is 2.17 bits per heavy atom. The maximum absolute atomic E-state index is 10.1. The van der Waals surface area contributed by atoms with Gasteiger partial charge in [-0.15, -0.1) is 0 Å². The Balaban J connectivity index is 2.33. The van der Waals surface area contributed by atoms with E-state index < -0.39 is 0 Å². The second-order valence-electron chi connectivity index (χ2n) is 3.15. The van der Waals surface area contributed by atoms with Crippen molar-refractivity contribution in [3.8, 4) is 5.92 Å². The molecule has 1 heterocycles. The van der Waals surface area contributed by atoms with Gasteiger partial charge in [0.05, 0.1) is 6.04 Å². The van der Waals surface area contributed by atoms with Crippen molar-refractivity contribution in [2.75, 3.05) is 13.1 Å². The number of hydrogen-bond acceptors (Lipinski definition) is 2. The molecule has 2 nitrogen and oxygen atoms in total. The topological polar surface area (TPSA) is 20.3 Å². The van der Waals surface area contributed by atoms with E-state index in [4.69, 9.17) is 6.42 Å². The molecule has 0 aromatic heterocycles. The van der Waals surface area contributed by atoms with E-state index in [9.17, 15) is 4.79 Å². The number of hydrogen-bond donors (Lipinski definition) is 0. The van der Waals surface area contributed by atoms with E-state index in [1.165, 1.54) is 12.8 Å². The fourth-order valence-corrected chi connectivity index (χ4v) is 1.63. The van der Waals surface area contributed by atoms with Gasteiger partial charge in [-0.1, -0.05) is 5.92 Å². The van der Waals surface area contributed by atoms with Gasteiger partial charge in [0.2, 0.25) is 0 Å². The molecule has 0 N–H and O–H groups in total. The number of carbonyl (C=O) groups excluding carboxylic acids is 1. The number of aldehydes is 1. The van der Waals surface area contributed by atoms with Crippen molar-refractivity contribution < 1.29 is 4.79 Å². The van der Waals surface area contributed by atoms with Gasteiger partial charge in [-0.25, -0.2) is 0 Å². The largest absolute Gasteiger partial charge is 0.303 e. The molecule has 0 saturated carbocycles. The monoisotopic (exact) mass is 164 g/mol. The summed E-state index contributed by atoms with van der Waals surface area (Å²) in [7, 11) is 0. The first-order chi connectivity index (χ1) is 5.88. The second kappa shape index (κ2) is 4.95. The first kappa shape index (κ1) is 9.28. The van der Waals surface area contributed by atoms with Gasteiger partial charge in [0.1, 0.15) is 6.29 Å². The molecule has 1 saturated heterocycles. The van der Waals surface area contributed by atoms with Crippen molar-refractivity contribution in [1.29, 1.82) is 0 Å². The summed E-state index contributed by atoms with van der Waals surface area (Å²) in [5.41, 5.74) is 0. The predicted octanol–water partition coefficient (Wildman–Crippen LogP) is 1.02. The zero-order valence-corrected chi connectivity index (χ0v) is 7.25. The SMILES string of the molecule is [C]#CC(CCC=O)N1CCCC1. The molecule has 0 aromatic rings. The van der Waals surface area contributed by atoms with Crippen LogP contribution in [0.4, 0.5) is 0 Å². The third-order valence-electron chi connectivity index (χ3n) is 2.31. The third kappa shape index (κ3) is 2.35. The molecule has 1 aliphatic heterocycles. The lowest BCUT2D eigenvalue weighted by molar-refractivity contribution is -0.108. The lowest BCUT2D eigenvalue weighted by Crippen LogP contribution is -2.31. The van der Waals surface area contributed by atoms with Gasteiger partial charge in [-0.05, 0) is 38.8 Å².